The lowest BCUT2D eigenvalue weighted by molar-refractivity contribution is 0.488. The molecule has 0 spiro atoms. The minimum absolute atomic E-state index is 0.557. The summed E-state index contributed by atoms with van der Waals surface area (Å²) in [5.41, 5.74) is 2.50. The smallest absolute Gasteiger partial charge is 0.109 e. The molecule has 0 radical (unpaired) electrons. The van der Waals surface area contributed by atoms with Crippen molar-refractivity contribution in [2.45, 2.75) is 51.5 Å². The molecule has 0 atom stereocenters. The largest absolute Gasteiger partial charge is 0.469 e. The number of hydrogen-bond donors (Lipinski definition) is 0. The van der Waals surface area contributed by atoms with Gasteiger partial charge in [-0.2, -0.15) is 5.26 Å². The summed E-state index contributed by atoms with van der Waals surface area (Å²) in [6.45, 7) is 1.07. The molecule has 3 heterocycles. The molecule has 0 saturated carbocycles. The highest BCUT2D eigenvalue weighted by Gasteiger charge is 2.19. The van der Waals surface area contributed by atoms with Crippen molar-refractivity contribution in [1.82, 2.24) is 9.55 Å². The van der Waals surface area contributed by atoms with Gasteiger partial charge < -0.3 is 8.98 Å². The maximum atomic E-state index is 8.77. The summed E-state index contributed by atoms with van der Waals surface area (Å²) in [5, 5.41) is 8.77. The Bertz CT molecular complexity index is 604. The number of imidazole rings is 1. The third kappa shape index (κ3) is 2.62. The lowest BCUT2D eigenvalue weighted by atomic mass is 10.1. The normalized spacial score (nSPS) is 13.9. The number of aromatic nitrogens is 2. The fourth-order valence-electron chi connectivity index (χ4n) is 2.95. The molecule has 0 aromatic carbocycles. The summed E-state index contributed by atoms with van der Waals surface area (Å²) in [6.07, 6.45) is 8.43. The van der Waals surface area contributed by atoms with Crippen LogP contribution >= 0.6 is 0 Å². The highest BCUT2D eigenvalue weighted by molar-refractivity contribution is 5.20. The minimum Gasteiger partial charge on any atom is -0.469 e. The Kier molecular flexibility index (Phi) is 3.87. The molecule has 20 heavy (non-hydrogen) atoms. The molecule has 4 heteroatoms. The van der Waals surface area contributed by atoms with Crippen molar-refractivity contribution in [1.29, 1.82) is 5.26 Å². The second-order valence-corrected chi connectivity index (χ2v) is 5.27. The molecular formula is C16H19N3O. The first-order chi connectivity index (χ1) is 9.88. The van der Waals surface area contributed by atoms with Crippen LogP contribution in [0.5, 0.6) is 0 Å². The maximum absolute atomic E-state index is 8.77. The molecular weight excluding hydrogens is 250 g/mol. The van der Waals surface area contributed by atoms with Gasteiger partial charge >= 0.3 is 0 Å². The highest BCUT2D eigenvalue weighted by Crippen LogP contribution is 2.23. The molecule has 0 N–H and O–H groups in total. The molecule has 0 amide bonds. The third-order valence-corrected chi connectivity index (χ3v) is 3.93. The van der Waals surface area contributed by atoms with Crippen molar-refractivity contribution in [2.24, 2.45) is 0 Å². The first kappa shape index (κ1) is 13.0. The fraction of sp³-hybridized carbons (Fsp3) is 0.500. The second kappa shape index (κ2) is 5.96. The van der Waals surface area contributed by atoms with Crippen LogP contribution in [0.3, 0.4) is 0 Å². The van der Waals surface area contributed by atoms with Crippen molar-refractivity contribution in [3.63, 3.8) is 0 Å². The van der Waals surface area contributed by atoms with E-state index in [0.29, 0.717) is 6.42 Å². The number of nitriles is 1. The van der Waals surface area contributed by atoms with Crippen LogP contribution in [-0.4, -0.2) is 9.55 Å². The Morgan fingerprint density at radius 2 is 2.25 bits per heavy atom. The first-order valence-electron chi connectivity index (χ1n) is 7.35. The topological polar surface area (TPSA) is 54.8 Å². The van der Waals surface area contributed by atoms with Gasteiger partial charge in [0, 0.05) is 37.9 Å². The molecule has 0 aliphatic carbocycles. The molecule has 0 bridgehead atoms. The van der Waals surface area contributed by atoms with Crippen molar-refractivity contribution < 1.29 is 4.42 Å². The van der Waals surface area contributed by atoms with E-state index in [0.717, 1.165) is 49.5 Å². The monoisotopic (exact) mass is 269 g/mol. The van der Waals surface area contributed by atoms with Crippen LogP contribution < -0.4 is 0 Å². The Balaban J connectivity index is 1.79. The van der Waals surface area contributed by atoms with E-state index >= 15 is 0 Å². The van der Waals surface area contributed by atoms with Crippen LogP contribution in [0.1, 0.15) is 42.2 Å². The van der Waals surface area contributed by atoms with Crippen LogP contribution in [0.4, 0.5) is 0 Å². The summed E-state index contributed by atoms with van der Waals surface area (Å²) >= 11 is 0. The van der Waals surface area contributed by atoms with Crippen molar-refractivity contribution in [3.05, 3.63) is 41.4 Å². The summed E-state index contributed by atoms with van der Waals surface area (Å²) in [6, 6.07) is 6.16. The van der Waals surface area contributed by atoms with Gasteiger partial charge in [-0.15, -0.1) is 0 Å². The quantitative estimate of drug-likeness (QED) is 0.838. The zero-order valence-electron chi connectivity index (χ0n) is 11.6. The van der Waals surface area contributed by atoms with Gasteiger partial charge in [-0.1, -0.05) is 0 Å². The van der Waals surface area contributed by atoms with Crippen LogP contribution in [-0.2, 0) is 32.2 Å². The highest BCUT2D eigenvalue weighted by atomic mass is 16.3. The molecule has 2 aromatic heterocycles. The summed E-state index contributed by atoms with van der Waals surface area (Å²) in [5.74, 6) is 2.17. The fourth-order valence-corrected chi connectivity index (χ4v) is 2.95. The Labute approximate surface area is 119 Å². The minimum atomic E-state index is 0.557. The standard InChI is InChI=1S/C16H19N3O/c17-10-3-6-14-15-7-1-2-11-19(15)16(18-14)9-8-13-5-4-12-20-13/h4-5,12H,1-3,6-9,11H2. The van der Waals surface area contributed by atoms with E-state index in [4.69, 9.17) is 14.7 Å². The van der Waals surface area contributed by atoms with Gasteiger partial charge in [0.05, 0.1) is 18.0 Å². The summed E-state index contributed by atoms with van der Waals surface area (Å²) in [4.78, 5) is 4.80. The zero-order chi connectivity index (χ0) is 13.8. The van der Waals surface area contributed by atoms with Crippen LogP contribution in [0.2, 0.25) is 0 Å². The van der Waals surface area contributed by atoms with Gasteiger partial charge in [-0.3, -0.25) is 0 Å². The van der Waals surface area contributed by atoms with Crippen molar-refractivity contribution in [2.75, 3.05) is 0 Å². The molecule has 1 aliphatic heterocycles. The maximum Gasteiger partial charge on any atom is 0.109 e. The van der Waals surface area contributed by atoms with E-state index in [9.17, 15) is 0 Å². The van der Waals surface area contributed by atoms with Gasteiger partial charge in [0.1, 0.15) is 11.6 Å². The van der Waals surface area contributed by atoms with Gasteiger partial charge in [-0.25, -0.2) is 4.98 Å². The van der Waals surface area contributed by atoms with Gasteiger partial charge in [0.15, 0.2) is 0 Å². The molecule has 0 saturated heterocycles. The van der Waals surface area contributed by atoms with E-state index in [-0.39, 0.29) is 0 Å². The number of hydrogen-bond acceptors (Lipinski definition) is 3. The van der Waals surface area contributed by atoms with E-state index in [1.807, 2.05) is 12.1 Å². The molecule has 0 fully saturated rings. The molecule has 0 unspecified atom stereocenters. The van der Waals surface area contributed by atoms with Crippen molar-refractivity contribution >= 4 is 0 Å². The van der Waals surface area contributed by atoms with Gasteiger partial charge in [0.25, 0.3) is 0 Å². The SMILES string of the molecule is N#CCCc1nc(CCc2ccco2)n2c1CCCC2. The molecule has 104 valence electrons. The average molecular weight is 269 g/mol. The molecule has 3 rings (SSSR count). The Morgan fingerprint density at radius 3 is 3.05 bits per heavy atom. The van der Waals surface area contributed by atoms with Gasteiger partial charge in [-0.05, 0) is 31.4 Å². The van der Waals surface area contributed by atoms with Crippen LogP contribution in [0.25, 0.3) is 0 Å². The molecule has 4 nitrogen and oxygen atoms in total. The zero-order valence-corrected chi connectivity index (χ0v) is 11.6. The van der Waals surface area contributed by atoms with E-state index < -0.39 is 0 Å². The summed E-state index contributed by atoms with van der Waals surface area (Å²) < 4.78 is 7.77. The molecule has 2 aromatic rings. The predicted molar refractivity (Wildman–Crippen MR) is 75.2 cm³/mol. The number of nitrogens with zero attached hydrogens (tertiary/aromatic N) is 3. The van der Waals surface area contributed by atoms with E-state index in [1.54, 1.807) is 6.26 Å². The second-order valence-electron chi connectivity index (χ2n) is 5.27. The van der Waals surface area contributed by atoms with Crippen molar-refractivity contribution in [3.8, 4) is 6.07 Å². The van der Waals surface area contributed by atoms with E-state index in [2.05, 4.69) is 10.6 Å². The molecule has 1 aliphatic rings. The third-order valence-electron chi connectivity index (χ3n) is 3.93. The number of fused-ring (bicyclic) bond motifs is 1. The van der Waals surface area contributed by atoms with Crippen LogP contribution in [0, 0.1) is 11.3 Å². The first-order valence-corrected chi connectivity index (χ1v) is 7.35. The Hall–Kier alpha value is -2.02. The van der Waals surface area contributed by atoms with E-state index in [1.165, 1.54) is 18.5 Å². The lowest BCUT2D eigenvalue weighted by Gasteiger charge is -2.17. The van der Waals surface area contributed by atoms with Crippen LogP contribution in [0.15, 0.2) is 22.8 Å². The predicted octanol–water partition coefficient (Wildman–Crippen LogP) is 3.05. The Morgan fingerprint density at radius 1 is 1.30 bits per heavy atom. The number of aryl methyl sites for hydroxylation is 3. The lowest BCUT2D eigenvalue weighted by Crippen LogP contribution is -2.14. The van der Waals surface area contributed by atoms with Gasteiger partial charge in [0.2, 0.25) is 0 Å². The summed E-state index contributed by atoms with van der Waals surface area (Å²) in [7, 11) is 0. The average Bonchev–Trinajstić information content (AvgIpc) is 3.11. The number of rotatable bonds is 5. The number of furan rings is 1.